The quantitative estimate of drug-likeness (QED) is 0.646. The maximum absolute atomic E-state index is 13.5. The molecule has 0 saturated carbocycles. The molecule has 0 amide bonds. The summed E-state index contributed by atoms with van der Waals surface area (Å²) < 4.78 is 14.5. The van der Waals surface area contributed by atoms with Crippen LogP contribution in [0.3, 0.4) is 0 Å². The van der Waals surface area contributed by atoms with Crippen LogP contribution in [0.4, 0.5) is 10.2 Å². The molecule has 7 heteroatoms. The van der Waals surface area contributed by atoms with Crippen LogP contribution in [0.15, 0.2) is 30.5 Å². The number of alkyl halides is 1. The Kier molecular flexibility index (Phi) is 3.87. The van der Waals surface area contributed by atoms with E-state index in [9.17, 15) is 4.39 Å². The highest BCUT2D eigenvalue weighted by Gasteiger charge is 2.20. The molecule has 1 atom stereocenters. The highest BCUT2D eigenvalue weighted by atomic mass is 35.5. The molecule has 3 aromatic rings. The van der Waals surface area contributed by atoms with E-state index in [0.717, 1.165) is 34.1 Å². The Morgan fingerprint density at radius 2 is 2.13 bits per heavy atom. The maximum Gasteiger partial charge on any atom is 0.172 e. The summed E-state index contributed by atoms with van der Waals surface area (Å²) in [6.45, 7) is 1.28. The zero-order valence-corrected chi connectivity index (χ0v) is 13.8. The Balaban J connectivity index is 1.61. The van der Waals surface area contributed by atoms with Gasteiger partial charge in [0.05, 0.1) is 11.2 Å². The van der Waals surface area contributed by atoms with Gasteiger partial charge in [0.1, 0.15) is 22.2 Å². The number of anilines is 1. The number of piperidine rings is 1. The van der Waals surface area contributed by atoms with Crippen molar-refractivity contribution in [3.63, 3.8) is 0 Å². The maximum atomic E-state index is 13.5. The number of nitrogens with zero attached hydrogens (tertiary/aromatic N) is 4. The van der Waals surface area contributed by atoms with Crippen LogP contribution in [0.2, 0.25) is 5.15 Å². The standard InChI is InChI=1S/C16H14ClFN4S/c17-13-5-4-12-15(20-13)21-16(23-12)10-3-6-14(19-8-10)22-7-1-2-11(18)9-22/h3-6,8,11H,1-2,7,9H2/t11-/m1/s1. The molecule has 118 valence electrons. The van der Waals surface area contributed by atoms with E-state index in [1.165, 1.54) is 0 Å². The molecule has 4 heterocycles. The van der Waals surface area contributed by atoms with Crippen LogP contribution < -0.4 is 4.90 Å². The van der Waals surface area contributed by atoms with Gasteiger partial charge in [-0.05, 0) is 37.1 Å². The van der Waals surface area contributed by atoms with Crippen LogP contribution in [-0.2, 0) is 0 Å². The van der Waals surface area contributed by atoms with Crippen LogP contribution in [0.5, 0.6) is 0 Å². The second kappa shape index (κ2) is 6.02. The molecule has 3 aromatic heterocycles. The lowest BCUT2D eigenvalue weighted by Crippen LogP contribution is -2.36. The van der Waals surface area contributed by atoms with Crippen molar-refractivity contribution < 1.29 is 4.39 Å². The van der Waals surface area contributed by atoms with Gasteiger partial charge in [-0.3, -0.25) is 0 Å². The molecule has 1 saturated heterocycles. The fourth-order valence-electron chi connectivity index (χ4n) is 2.75. The second-order valence-electron chi connectivity index (χ2n) is 5.57. The van der Waals surface area contributed by atoms with Crippen molar-refractivity contribution in [1.29, 1.82) is 0 Å². The molecule has 4 nitrogen and oxygen atoms in total. The predicted molar refractivity (Wildman–Crippen MR) is 92.0 cm³/mol. The monoisotopic (exact) mass is 348 g/mol. The first kappa shape index (κ1) is 14.8. The number of hydrogen-bond donors (Lipinski definition) is 0. The average molecular weight is 349 g/mol. The van der Waals surface area contributed by atoms with Gasteiger partial charge in [-0.25, -0.2) is 19.3 Å². The highest BCUT2D eigenvalue weighted by Crippen LogP contribution is 2.30. The van der Waals surface area contributed by atoms with Gasteiger partial charge in [0.25, 0.3) is 0 Å². The lowest BCUT2D eigenvalue weighted by atomic mass is 10.1. The Labute approximate surface area is 142 Å². The lowest BCUT2D eigenvalue weighted by Gasteiger charge is -2.29. The van der Waals surface area contributed by atoms with E-state index in [1.54, 1.807) is 23.6 Å². The minimum Gasteiger partial charge on any atom is -0.354 e. The second-order valence-corrected chi connectivity index (χ2v) is 6.98. The Morgan fingerprint density at radius 3 is 2.91 bits per heavy atom. The normalized spacial score (nSPS) is 18.5. The Bertz CT molecular complexity index is 836. The molecule has 0 aliphatic carbocycles. The Hall–Kier alpha value is -1.79. The fraction of sp³-hybridized carbons (Fsp3) is 0.312. The molecule has 0 radical (unpaired) electrons. The highest BCUT2D eigenvalue weighted by molar-refractivity contribution is 7.21. The smallest absolute Gasteiger partial charge is 0.172 e. The van der Waals surface area contributed by atoms with Gasteiger partial charge in [0.15, 0.2) is 5.65 Å². The van der Waals surface area contributed by atoms with Gasteiger partial charge in [0.2, 0.25) is 0 Å². The van der Waals surface area contributed by atoms with E-state index in [1.807, 2.05) is 23.1 Å². The lowest BCUT2D eigenvalue weighted by molar-refractivity contribution is 0.286. The first-order valence-electron chi connectivity index (χ1n) is 7.47. The van der Waals surface area contributed by atoms with Crippen LogP contribution in [0, 0.1) is 0 Å². The van der Waals surface area contributed by atoms with E-state index in [4.69, 9.17) is 11.6 Å². The molecule has 0 spiro atoms. The molecule has 0 bridgehead atoms. The van der Waals surface area contributed by atoms with Gasteiger partial charge in [0, 0.05) is 18.3 Å². The van der Waals surface area contributed by atoms with Crippen molar-refractivity contribution >= 4 is 39.1 Å². The molecule has 4 rings (SSSR count). The van der Waals surface area contributed by atoms with Crippen molar-refractivity contribution in [3.05, 3.63) is 35.6 Å². The van der Waals surface area contributed by atoms with Crippen LogP contribution in [0.1, 0.15) is 12.8 Å². The molecular weight excluding hydrogens is 335 g/mol. The summed E-state index contributed by atoms with van der Waals surface area (Å²) in [7, 11) is 0. The first-order valence-corrected chi connectivity index (χ1v) is 8.67. The number of thiazole rings is 1. The molecule has 1 aliphatic rings. The zero-order chi connectivity index (χ0) is 15.8. The number of rotatable bonds is 2. The minimum absolute atomic E-state index is 0.426. The van der Waals surface area contributed by atoms with Crippen molar-refractivity contribution in [2.45, 2.75) is 19.0 Å². The number of pyridine rings is 2. The molecule has 0 aromatic carbocycles. The van der Waals surface area contributed by atoms with Crippen LogP contribution in [0.25, 0.3) is 20.9 Å². The largest absolute Gasteiger partial charge is 0.354 e. The summed E-state index contributed by atoms with van der Waals surface area (Å²) in [4.78, 5) is 15.2. The number of hydrogen-bond acceptors (Lipinski definition) is 5. The van der Waals surface area contributed by atoms with Crippen LogP contribution in [-0.4, -0.2) is 34.2 Å². The first-order chi connectivity index (χ1) is 11.2. The fourth-order valence-corrected chi connectivity index (χ4v) is 3.79. The summed E-state index contributed by atoms with van der Waals surface area (Å²) in [6.07, 6.45) is 2.55. The molecule has 0 N–H and O–H groups in total. The molecular formula is C16H14ClFN4S. The van der Waals surface area contributed by atoms with E-state index < -0.39 is 6.17 Å². The summed E-state index contributed by atoms with van der Waals surface area (Å²) >= 11 is 7.45. The summed E-state index contributed by atoms with van der Waals surface area (Å²) in [5.74, 6) is 0.818. The van der Waals surface area contributed by atoms with E-state index in [2.05, 4.69) is 15.0 Å². The number of fused-ring (bicyclic) bond motifs is 1. The van der Waals surface area contributed by atoms with Gasteiger partial charge in [-0.15, -0.1) is 11.3 Å². The average Bonchev–Trinajstić information content (AvgIpc) is 2.98. The van der Waals surface area contributed by atoms with Crippen molar-refractivity contribution in [1.82, 2.24) is 15.0 Å². The van der Waals surface area contributed by atoms with E-state index in [0.29, 0.717) is 23.8 Å². The number of halogens is 2. The molecule has 23 heavy (non-hydrogen) atoms. The topological polar surface area (TPSA) is 41.9 Å². The van der Waals surface area contributed by atoms with Crippen molar-refractivity contribution in [2.24, 2.45) is 0 Å². The third kappa shape index (κ3) is 3.01. The SMILES string of the molecule is F[C@@H]1CCCN(c2ccc(-c3nc4nc(Cl)ccc4s3)cn2)C1. The Morgan fingerprint density at radius 1 is 1.22 bits per heavy atom. The van der Waals surface area contributed by atoms with Crippen molar-refractivity contribution in [2.75, 3.05) is 18.0 Å². The minimum atomic E-state index is -0.759. The van der Waals surface area contributed by atoms with Gasteiger partial charge >= 0.3 is 0 Å². The molecule has 1 aliphatic heterocycles. The predicted octanol–water partition coefficient (Wildman–Crippen LogP) is 4.35. The van der Waals surface area contributed by atoms with Gasteiger partial charge in [-0.2, -0.15) is 0 Å². The van der Waals surface area contributed by atoms with Crippen molar-refractivity contribution in [3.8, 4) is 10.6 Å². The summed E-state index contributed by atoms with van der Waals surface area (Å²) in [5, 5.41) is 1.30. The number of aromatic nitrogens is 3. The van der Waals surface area contributed by atoms with Gasteiger partial charge < -0.3 is 4.90 Å². The van der Waals surface area contributed by atoms with Crippen LogP contribution >= 0.6 is 22.9 Å². The van der Waals surface area contributed by atoms with E-state index >= 15 is 0 Å². The third-order valence-electron chi connectivity index (χ3n) is 3.90. The summed E-state index contributed by atoms with van der Waals surface area (Å²) in [5.41, 5.74) is 1.58. The molecule has 1 fully saturated rings. The zero-order valence-electron chi connectivity index (χ0n) is 12.2. The third-order valence-corrected chi connectivity index (χ3v) is 5.17. The van der Waals surface area contributed by atoms with E-state index in [-0.39, 0.29) is 0 Å². The molecule has 0 unspecified atom stereocenters. The van der Waals surface area contributed by atoms with Gasteiger partial charge in [-0.1, -0.05) is 11.6 Å². The summed E-state index contributed by atoms with van der Waals surface area (Å²) in [6, 6.07) is 7.59.